The van der Waals surface area contributed by atoms with E-state index in [0.717, 1.165) is 5.82 Å². The van der Waals surface area contributed by atoms with Crippen molar-refractivity contribution in [1.29, 1.82) is 0 Å². The van der Waals surface area contributed by atoms with Crippen molar-refractivity contribution in [3.63, 3.8) is 0 Å². The Kier molecular flexibility index (Phi) is 3.59. The second-order valence-corrected chi connectivity index (χ2v) is 6.06. The minimum atomic E-state index is -0.746. The molecule has 0 amide bonds. The summed E-state index contributed by atoms with van der Waals surface area (Å²) in [5.41, 5.74) is 0.573. The Bertz CT molecular complexity index is 389. The van der Waals surface area contributed by atoms with Crippen LogP contribution in [0.5, 0.6) is 0 Å². The van der Waals surface area contributed by atoms with E-state index in [4.69, 9.17) is 4.74 Å². The molecule has 100 valence electrons. The van der Waals surface area contributed by atoms with Crippen LogP contribution in [0.2, 0.25) is 0 Å². The van der Waals surface area contributed by atoms with Gasteiger partial charge in [-0.05, 0) is 17.0 Å². The van der Waals surface area contributed by atoms with Gasteiger partial charge < -0.3 is 15.2 Å². The van der Waals surface area contributed by atoms with Crippen molar-refractivity contribution in [2.24, 2.45) is 0 Å². The molecule has 0 aliphatic carbocycles. The maximum absolute atomic E-state index is 10.1. The minimum absolute atomic E-state index is 0.114. The Labute approximate surface area is 108 Å². The average Bonchev–Trinajstić information content (AvgIpc) is 2.74. The molecular formula is C14H22N2O2. The van der Waals surface area contributed by atoms with Crippen LogP contribution >= 0.6 is 0 Å². The summed E-state index contributed by atoms with van der Waals surface area (Å²) in [4.78, 5) is 4.37. The summed E-state index contributed by atoms with van der Waals surface area (Å²) >= 11 is 0. The molecule has 4 heteroatoms. The van der Waals surface area contributed by atoms with E-state index in [0.29, 0.717) is 26.2 Å². The van der Waals surface area contributed by atoms with Crippen LogP contribution in [0.4, 0.5) is 5.82 Å². The molecule has 1 fully saturated rings. The van der Waals surface area contributed by atoms with Crippen molar-refractivity contribution in [1.82, 2.24) is 4.98 Å². The number of ether oxygens (including phenoxy) is 1. The van der Waals surface area contributed by atoms with Gasteiger partial charge in [0.1, 0.15) is 11.4 Å². The fourth-order valence-electron chi connectivity index (χ4n) is 1.93. The third-order valence-corrected chi connectivity index (χ3v) is 3.31. The molecule has 1 saturated heterocycles. The van der Waals surface area contributed by atoms with Crippen LogP contribution in [0, 0.1) is 0 Å². The molecule has 1 aromatic rings. The van der Waals surface area contributed by atoms with Crippen LogP contribution < -0.4 is 5.32 Å². The number of aliphatic hydroxyl groups is 1. The average molecular weight is 250 g/mol. The molecule has 2 N–H and O–H groups in total. The Morgan fingerprint density at radius 1 is 1.44 bits per heavy atom. The summed E-state index contributed by atoms with van der Waals surface area (Å²) in [6, 6.07) is 4.03. The molecule has 1 unspecified atom stereocenters. The van der Waals surface area contributed by atoms with Crippen LogP contribution in [-0.4, -0.2) is 35.5 Å². The predicted molar refractivity (Wildman–Crippen MR) is 71.8 cm³/mol. The Balaban J connectivity index is 1.94. The van der Waals surface area contributed by atoms with E-state index in [-0.39, 0.29) is 5.41 Å². The van der Waals surface area contributed by atoms with E-state index in [1.807, 2.05) is 12.3 Å². The van der Waals surface area contributed by atoms with Crippen molar-refractivity contribution in [2.75, 3.05) is 25.1 Å². The lowest BCUT2D eigenvalue weighted by atomic mass is 9.88. The second-order valence-electron chi connectivity index (χ2n) is 6.06. The molecule has 1 aromatic heterocycles. The number of rotatable bonds is 3. The van der Waals surface area contributed by atoms with Crippen molar-refractivity contribution in [3.8, 4) is 0 Å². The molecular weight excluding hydrogens is 228 g/mol. The first-order valence-corrected chi connectivity index (χ1v) is 6.40. The Morgan fingerprint density at radius 2 is 2.22 bits per heavy atom. The second kappa shape index (κ2) is 4.86. The van der Waals surface area contributed by atoms with Crippen LogP contribution in [0.1, 0.15) is 32.8 Å². The topological polar surface area (TPSA) is 54.4 Å². The first kappa shape index (κ1) is 13.3. The van der Waals surface area contributed by atoms with Crippen LogP contribution in [0.3, 0.4) is 0 Å². The maximum Gasteiger partial charge on any atom is 0.125 e. The van der Waals surface area contributed by atoms with Crippen molar-refractivity contribution in [2.45, 2.75) is 38.2 Å². The fourth-order valence-corrected chi connectivity index (χ4v) is 1.93. The lowest BCUT2D eigenvalue weighted by Gasteiger charge is -2.22. The van der Waals surface area contributed by atoms with Gasteiger partial charge in [-0.25, -0.2) is 4.98 Å². The number of hydrogen-bond donors (Lipinski definition) is 2. The molecule has 0 aromatic carbocycles. The van der Waals surface area contributed by atoms with E-state index in [1.165, 1.54) is 5.56 Å². The van der Waals surface area contributed by atoms with Gasteiger partial charge in [0, 0.05) is 25.8 Å². The zero-order chi connectivity index (χ0) is 13.2. The molecule has 4 nitrogen and oxygen atoms in total. The summed E-state index contributed by atoms with van der Waals surface area (Å²) in [6.07, 6.45) is 2.57. The lowest BCUT2D eigenvalue weighted by molar-refractivity contribution is 0.0381. The van der Waals surface area contributed by atoms with Gasteiger partial charge in [-0.15, -0.1) is 0 Å². The number of pyridine rings is 1. The molecule has 1 aliphatic rings. The molecule has 0 spiro atoms. The van der Waals surface area contributed by atoms with Crippen LogP contribution in [-0.2, 0) is 10.2 Å². The number of hydrogen-bond acceptors (Lipinski definition) is 4. The normalized spacial score (nSPS) is 24.2. The van der Waals surface area contributed by atoms with Gasteiger partial charge in [-0.1, -0.05) is 26.8 Å². The number of nitrogens with zero attached hydrogens (tertiary/aromatic N) is 1. The molecule has 0 saturated carbocycles. The van der Waals surface area contributed by atoms with Gasteiger partial charge in [-0.2, -0.15) is 0 Å². The molecule has 1 aliphatic heterocycles. The van der Waals surface area contributed by atoms with E-state index in [2.05, 4.69) is 37.1 Å². The fraction of sp³-hybridized carbons (Fsp3) is 0.643. The highest BCUT2D eigenvalue weighted by Gasteiger charge is 2.31. The van der Waals surface area contributed by atoms with Crippen LogP contribution in [0.25, 0.3) is 0 Å². The lowest BCUT2D eigenvalue weighted by Crippen LogP contribution is -2.37. The zero-order valence-electron chi connectivity index (χ0n) is 11.4. The van der Waals surface area contributed by atoms with E-state index < -0.39 is 5.60 Å². The smallest absolute Gasteiger partial charge is 0.125 e. The first-order valence-electron chi connectivity index (χ1n) is 6.40. The van der Waals surface area contributed by atoms with Gasteiger partial charge in [0.25, 0.3) is 0 Å². The van der Waals surface area contributed by atoms with E-state index in [1.54, 1.807) is 0 Å². The molecule has 2 heterocycles. The maximum atomic E-state index is 10.1. The number of nitrogens with one attached hydrogen (secondary N) is 1. The summed E-state index contributed by atoms with van der Waals surface area (Å²) in [5.74, 6) is 0.795. The number of aromatic nitrogens is 1. The summed E-state index contributed by atoms with van der Waals surface area (Å²) in [5, 5.41) is 13.3. The summed E-state index contributed by atoms with van der Waals surface area (Å²) in [6.45, 7) is 8.00. The SMILES string of the molecule is CC(C)(C)c1ccc(NCC2(O)CCOC2)nc1. The molecule has 0 radical (unpaired) electrons. The molecule has 0 bridgehead atoms. The van der Waals surface area contributed by atoms with E-state index >= 15 is 0 Å². The van der Waals surface area contributed by atoms with Gasteiger partial charge >= 0.3 is 0 Å². The Hall–Kier alpha value is -1.13. The standard InChI is InChI=1S/C14H22N2O2/c1-13(2,3)11-4-5-12(15-8-11)16-9-14(17)6-7-18-10-14/h4-5,8,17H,6-7,9-10H2,1-3H3,(H,15,16). The number of anilines is 1. The molecule has 2 rings (SSSR count). The largest absolute Gasteiger partial charge is 0.386 e. The van der Waals surface area contributed by atoms with Gasteiger partial charge in [0.2, 0.25) is 0 Å². The van der Waals surface area contributed by atoms with Crippen molar-refractivity contribution in [3.05, 3.63) is 23.9 Å². The van der Waals surface area contributed by atoms with Crippen molar-refractivity contribution < 1.29 is 9.84 Å². The third-order valence-electron chi connectivity index (χ3n) is 3.31. The van der Waals surface area contributed by atoms with E-state index in [9.17, 15) is 5.11 Å². The quantitative estimate of drug-likeness (QED) is 0.861. The monoisotopic (exact) mass is 250 g/mol. The zero-order valence-corrected chi connectivity index (χ0v) is 11.4. The summed E-state index contributed by atoms with van der Waals surface area (Å²) in [7, 11) is 0. The third kappa shape index (κ3) is 3.21. The predicted octanol–water partition coefficient (Wildman–Crippen LogP) is 1.94. The highest BCUT2D eigenvalue weighted by Crippen LogP contribution is 2.23. The van der Waals surface area contributed by atoms with Crippen molar-refractivity contribution >= 4 is 5.82 Å². The van der Waals surface area contributed by atoms with Gasteiger partial charge in [-0.3, -0.25) is 0 Å². The molecule has 1 atom stereocenters. The highest BCUT2D eigenvalue weighted by atomic mass is 16.5. The Morgan fingerprint density at radius 3 is 2.72 bits per heavy atom. The molecule has 18 heavy (non-hydrogen) atoms. The first-order chi connectivity index (χ1) is 8.39. The minimum Gasteiger partial charge on any atom is -0.386 e. The summed E-state index contributed by atoms with van der Waals surface area (Å²) < 4.78 is 5.20. The van der Waals surface area contributed by atoms with Gasteiger partial charge in [0.15, 0.2) is 0 Å². The highest BCUT2D eigenvalue weighted by molar-refractivity contribution is 5.37. The van der Waals surface area contributed by atoms with Crippen LogP contribution in [0.15, 0.2) is 18.3 Å². The van der Waals surface area contributed by atoms with Gasteiger partial charge in [0.05, 0.1) is 6.61 Å².